The Bertz CT molecular complexity index is 1090. The van der Waals surface area contributed by atoms with Crippen molar-refractivity contribution in [1.82, 2.24) is 0 Å². The topological polar surface area (TPSA) is 20.2 Å². The zero-order valence-electron chi connectivity index (χ0n) is 14.1. The number of aryl methyl sites for hydroxylation is 1. The molecule has 2 aliphatic carbocycles. The number of hydrogen-bond donors (Lipinski definition) is 1. The zero-order valence-corrected chi connectivity index (χ0v) is 14.1. The summed E-state index contributed by atoms with van der Waals surface area (Å²) in [4.78, 5) is 0. The van der Waals surface area contributed by atoms with Crippen LogP contribution in [0.15, 0.2) is 54.6 Å². The van der Waals surface area contributed by atoms with Crippen molar-refractivity contribution < 1.29 is 5.11 Å². The zero-order chi connectivity index (χ0) is 16.8. The molecule has 3 aromatic rings. The van der Waals surface area contributed by atoms with Gasteiger partial charge in [-0.15, -0.1) is 0 Å². The Hall–Kier alpha value is -2.80. The van der Waals surface area contributed by atoms with Crippen LogP contribution in [0.5, 0.6) is 5.75 Å². The van der Waals surface area contributed by atoms with Crippen LogP contribution in [-0.2, 0) is 12.8 Å². The van der Waals surface area contributed by atoms with Gasteiger partial charge in [-0.25, -0.2) is 0 Å². The maximum absolute atomic E-state index is 9.53. The highest BCUT2D eigenvalue weighted by Gasteiger charge is 2.18. The number of phenolic OH excluding ortho intramolecular Hbond substituents is 1. The fourth-order valence-electron chi connectivity index (χ4n) is 4.23. The molecule has 25 heavy (non-hydrogen) atoms. The van der Waals surface area contributed by atoms with Gasteiger partial charge < -0.3 is 5.11 Å². The molecule has 1 N–H and O–H groups in total. The SMILES string of the molecule is Oc1ccc(-c2ccc3c(c2)-c2ccc4c(c2CC3)=CCCC=4)cc1. The molecule has 0 aromatic heterocycles. The van der Waals surface area contributed by atoms with Crippen molar-refractivity contribution in [3.8, 4) is 28.0 Å². The molecule has 0 spiro atoms. The van der Waals surface area contributed by atoms with Crippen LogP contribution in [0.3, 0.4) is 0 Å². The predicted molar refractivity (Wildman–Crippen MR) is 104 cm³/mol. The van der Waals surface area contributed by atoms with Crippen LogP contribution >= 0.6 is 0 Å². The van der Waals surface area contributed by atoms with Crippen molar-refractivity contribution >= 4 is 12.2 Å². The molecule has 5 rings (SSSR count). The molecule has 0 unspecified atom stereocenters. The minimum Gasteiger partial charge on any atom is -0.508 e. The van der Waals surface area contributed by atoms with Gasteiger partial charge in [0.2, 0.25) is 0 Å². The van der Waals surface area contributed by atoms with Gasteiger partial charge >= 0.3 is 0 Å². The molecule has 0 radical (unpaired) electrons. The number of aromatic hydroxyl groups is 1. The van der Waals surface area contributed by atoms with E-state index in [4.69, 9.17) is 0 Å². The lowest BCUT2D eigenvalue weighted by Crippen LogP contribution is -2.32. The first-order valence-corrected chi connectivity index (χ1v) is 9.04. The summed E-state index contributed by atoms with van der Waals surface area (Å²) in [5, 5.41) is 12.4. The second-order valence-corrected chi connectivity index (χ2v) is 7.00. The highest BCUT2D eigenvalue weighted by Crippen LogP contribution is 2.35. The molecular formula is C24H20O. The first-order chi connectivity index (χ1) is 12.3. The van der Waals surface area contributed by atoms with E-state index in [2.05, 4.69) is 42.5 Å². The maximum atomic E-state index is 9.53. The van der Waals surface area contributed by atoms with Crippen molar-refractivity contribution in [1.29, 1.82) is 0 Å². The quantitative estimate of drug-likeness (QED) is 0.712. The van der Waals surface area contributed by atoms with Crippen LogP contribution in [-0.4, -0.2) is 5.11 Å². The van der Waals surface area contributed by atoms with Gasteiger partial charge in [-0.3, -0.25) is 0 Å². The second kappa shape index (κ2) is 5.63. The van der Waals surface area contributed by atoms with Gasteiger partial charge in [0.25, 0.3) is 0 Å². The Morgan fingerprint density at radius 2 is 1.48 bits per heavy atom. The normalized spacial score (nSPS) is 14.6. The standard InChI is InChI=1S/C24H20O/c25-20-11-7-16(8-12-20)19-6-5-18-10-13-22-21-4-2-1-3-17(21)9-14-23(22)24(18)15-19/h3-9,11-12,14-15,25H,1-2,10,13H2. The molecule has 0 amide bonds. The second-order valence-electron chi connectivity index (χ2n) is 7.00. The lowest BCUT2D eigenvalue weighted by molar-refractivity contribution is 0.475. The van der Waals surface area contributed by atoms with Crippen LogP contribution in [0.25, 0.3) is 34.4 Å². The summed E-state index contributed by atoms with van der Waals surface area (Å²) in [6.45, 7) is 0. The largest absolute Gasteiger partial charge is 0.508 e. The van der Waals surface area contributed by atoms with E-state index in [1.807, 2.05) is 12.1 Å². The molecule has 3 aromatic carbocycles. The molecule has 0 aliphatic heterocycles. The van der Waals surface area contributed by atoms with Crippen molar-refractivity contribution in [2.45, 2.75) is 25.7 Å². The van der Waals surface area contributed by atoms with Gasteiger partial charge in [-0.1, -0.05) is 48.6 Å². The summed E-state index contributed by atoms with van der Waals surface area (Å²) >= 11 is 0. The molecular weight excluding hydrogens is 304 g/mol. The Morgan fingerprint density at radius 1 is 0.680 bits per heavy atom. The monoisotopic (exact) mass is 324 g/mol. The fourth-order valence-corrected chi connectivity index (χ4v) is 4.23. The molecule has 0 heterocycles. The van der Waals surface area contributed by atoms with Crippen LogP contribution < -0.4 is 10.4 Å². The number of hydrogen-bond acceptors (Lipinski definition) is 1. The Labute approximate surface area is 147 Å². The smallest absolute Gasteiger partial charge is 0.115 e. The van der Waals surface area contributed by atoms with Gasteiger partial charge in [0.15, 0.2) is 0 Å². The molecule has 0 saturated heterocycles. The van der Waals surface area contributed by atoms with E-state index in [1.54, 1.807) is 12.1 Å². The Morgan fingerprint density at radius 3 is 2.36 bits per heavy atom. The van der Waals surface area contributed by atoms with Crippen molar-refractivity contribution in [2.75, 3.05) is 0 Å². The minimum atomic E-state index is 0.311. The van der Waals surface area contributed by atoms with Crippen molar-refractivity contribution in [2.24, 2.45) is 0 Å². The lowest BCUT2D eigenvalue weighted by Gasteiger charge is -2.22. The molecule has 1 heteroatoms. The van der Waals surface area contributed by atoms with E-state index in [0.29, 0.717) is 5.75 Å². The van der Waals surface area contributed by atoms with Crippen molar-refractivity contribution in [3.05, 3.63) is 76.2 Å². The highest BCUT2D eigenvalue weighted by molar-refractivity contribution is 5.79. The number of phenols is 1. The molecule has 0 atom stereocenters. The van der Waals surface area contributed by atoms with Crippen LogP contribution in [0.1, 0.15) is 24.0 Å². The molecule has 122 valence electrons. The lowest BCUT2D eigenvalue weighted by atomic mass is 9.82. The van der Waals surface area contributed by atoms with E-state index >= 15 is 0 Å². The van der Waals surface area contributed by atoms with E-state index < -0.39 is 0 Å². The summed E-state index contributed by atoms with van der Waals surface area (Å²) in [6.07, 6.45) is 9.36. The van der Waals surface area contributed by atoms with E-state index in [1.165, 1.54) is 38.3 Å². The fraction of sp³-hybridized carbons (Fsp3) is 0.167. The summed E-state index contributed by atoms with van der Waals surface area (Å²) in [5.74, 6) is 0.311. The summed E-state index contributed by atoms with van der Waals surface area (Å²) in [5.41, 5.74) is 8.07. The summed E-state index contributed by atoms with van der Waals surface area (Å²) in [7, 11) is 0. The van der Waals surface area contributed by atoms with E-state index in [-0.39, 0.29) is 0 Å². The van der Waals surface area contributed by atoms with Crippen LogP contribution in [0, 0.1) is 0 Å². The first kappa shape index (κ1) is 14.5. The number of rotatable bonds is 1. The van der Waals surface area contributed by atoms with Gasteiger partial charge in [0.1, 0.15) is 5.75 Å². The van der Waals surface area contributed by atoms with Crippen LogP contribution in [0.2, 0.25) is 0 Å². The third-order valence-corrected chi connectivity index (χ3v) is 5.52. The van der Waals surface area contributed by atoms with Gasteiger partial charge in [0.05, 0.1) is 0 Å². The number of benzene rings is 3. The van der Waals surface area contributed by atoms with E-state index in [9.17, 15) is 5.11 Å². The first-order valence-electron chi connectivity index (χ1n) is 9.04. The van der Waals surface area contributed by atoms with Gasteiger partial charge in [-0.2, -0.15) is 0 Å². The number of fused-ring (bicyclic) bond motifs is 5. The average molecular weight is 324 g/mol. The van der Waals surface area contributed by atoms with Crippen LogP contribution in [0.4, 0.5) is 0 Å². The molecule has 0 saturated carbocycles. The molecule has 0 bridgehead atoms. The van der Waals surface area contributed by atoms with E-state index in [0.717, 1.165) is 31.2 Å². The highest BCUT2D eigenvalue weighted by atomic mass is 16.3. The minimum absolute atomic E-state index is 0.311. The molecule has 2 aliphatic rings. The Kier molecular flexibility index (Phi) is 3.27. The average Bonchev–Trinajstić information content (AvgIpc) is 2.67. The summed E-state index contributed by atoms with van der Waals surface area (Å²) in [6, 6.07) is 18.9. The predicted octanol–water partition coefficient (Wildman–Crippen LogP) is 4.18. The van der Waals surface area contributed by atoms with Gasteiger partial charge in [-0.05, 0) is 87.7 Å². The third-order valence-electron chi connectivity index (χ3n) is 5.52. The molecule has 1 nitrogen and oxygen atoms in total. The van der Waals surface area contributed by atoms with Crippen molar-refractivity contribution in [3.63, 3.8) is 0 Å². The Balaban J connectivity index is 1.71. The maximum Gasteiger partial charge on any atom is 0.115 e. The molecule has 0 fully saturated rings. The summed E-state index contributed by atoms with van der Waals surface area (Å²) < 4.78 is 0. The third kappa shape index (κ3) is 2.39. The van der Waals surface area contributed by atoms with Gasteiger partial charge in [0, 0.05) is 0 Å².